The number of hydrogen-bond donors (Lipinski definition) is 2. The molecule has 0 spiro atoms. The zero-order valence-corrected chi connectivity index (χ0v) is 10.5. The first-order valence-corrected chi connectivity index (χ1v) is 5.64. The number of nitrogens with one attached hydrogen (secondary N) is 1. The summed E-state index contributed by atoms with van der Waals surface area (Å²) >= 11 is 0. The van der Waals surface area contributed by atoms with E-state index in [1.807, 2.05) is 14.1 Å². The molecule has 0 unspecified atom stereocenters. The third-order valence-corrected chi connectivity index (χ3v) is 2.28. The fourth-order valence-corrected chi connectivity index (χ4v) is 1.46. The van der Waals surface area contributed by atoms with E-state index in [9.17, 15) is 9.59 Å². The average molecular weight is 251 g/mol. The van der Waals surface area contributed by atoms with Gasteiger partial charge in [0, 0.05) is 33.1 Å². The van der Waals surface area contributed by atoms with Crippen LogP contribution in [-0.2, 0) is 9.59 Å². The Balaban J connectivity index is 2.56. The summed E-state index contributed by atoms with van der Waals surface area (Å²) in [6, 6.07) is 3.50. The highest BCUT2D eigenvalue weighted by Gasteiger charge is 2.09. The summed E-state index contributed by atoms with van der Waals surface area (Å²) in [7, 11) is 3.67. The molecule has 0 aliphatic heterocycles. The Labute approximate surface area is 106 Å². The Bertz CT molecular complexity index is 432. The summed E-state index contributed by atoms with van der Waals surface area (Å²) < 4.78 is 0. The van der Waals surface area contributed by atoms with Crippen LogP contribution in [0.2, 0.25) is 0 Å². The van der Waals surface area contributed by atoms with E-state index < -0.39 is 5.97 Å². The van der Waals surface area contributed by atoms with Crippen molar-refractivity contribution in [3.05, 3.63) is 18.3 Å². The van der Waals surface area contributed by atoms with Crippen LogP contribution in [-0.4, -0.2) is 36.1 Å². The monoisotopic (exact) mass is 251 g/mol. The Morgan fingerprint density at radius 2 is 2.11 bits per heavy atom. The fraction of sp³-hybridized carbons (Fsp3) is 0.417. The van der Waals surface area contributed by atoms with E-state index in [-0.39, 0.29) is 18.7 Å². The molecule has 18 heavy (non-hydrogen) atoms. The molecule has 0 bridgehead atoms. The van der Waals surface area contributed by atoms with Gasteiger partial charge in [-0.05, 0) is 18.6 Å². The summed E-state index contributed by atoms with van der Waals surface area (Å²) in [5.41, 5.74) is 0.628. The lowest BCUT2D eigenvalue weighted by atomic mass is 10.2. The van der Waals surface area contributed by atoms with Crippen LogP contribution in [0.15, 0.2) is 18.3 Å². The molecule has 0 atom stereocenters. The first-order chi connectivity index (χ1) is 8.50. The predicted octanol–water partition coefficient (Wildman–Crippen LogP) is 1.34. The second-order valence-corrected chi connectivity index (χ2v) is 4.06. The molecule has 1 aromatic rings. The van der Waals surface area contributed by atoms with Crippen LogP contribution in [0.1, 0.15) is 19.3 Å². The summed E-state index contributed by atoms with van der Waals surface area (Å²) in [5.74, 6) is -0.422. The van der Waals surface area contributed by atoms with Gasteiger partial charge in [-0.15, -0.1) is 0 Å². The number of hydrogen-bond acceptors (Lipinski definition) is 4. The standard InChI is InChI=1S/C12H17N3O3/c1-15(2)12-9(5-4-8-13-12)14-10(16)6-3-7-11(17)18/h4-5,8H,3,6-7H2,1-2H3,(H,14,16)(H,17,18). The molecule has 1 amide bonds. The zero-order valence-electron chi connectivity index (χ0n) is 10.5. The van der Waals surface area contributed by atoms with Crippen LogP contribution >= 0.6 is 0 Å². The maximum absolute atomic E-state index is 11.6. The molecule has 0 aliphatic rings. The van der Waals surface area contributed by atoms with E-state index in [1.165, 1.54) is 0 Å². The maximum atomic E-state index is 11.6. The lowest BCUT2D eigenvalue weighted by Gasteiger charge is -2.16. The SMILES string of the molecule is CN(C)c1ncccc1NC(=O)CCCC(=O)O. The molecule has 6 heteroatoms. The highest BCUT2D eigenvalue weighted by atomic mass is 16.4. The van der Waals surface area contributed by atoms with Crippen LogP contribution in [0.3, 0.4) is 0 Å². The number of amides is 1. The molecule has 1 rings (SSSR count). The minimum absolute atomic E-state index is 0.000989. The van der Waals surface area contributed by atoms with Gasteiger partial charge in [0.25, 0.3) is 0 Å². The van der Waals surface area contributed by atoms with Crippen LogP contribution in [0.4, 0.5) is 11.5 Å². The number of carbonyl (C=O) groups is 2. The van der Waals surface area contributed by atoms with Gasteiger partial charge in [-0.1, -0.05) is 0 Å². The van der Waals surface area contributed by atoms with Crippen molar-refractivity contribution in [3.63, 3.8) is 0 Å². The smallest absolute Gasteiger partial charge is 0.303 e. The molecular weight excluding hydrogens is 234 g/mol. The van der Waals surface area contributed by atoms with E-state index in [1.54, 1.807) is 23.2 Å². The Kier molecular flexibility index (Phi) is 5.10. The number of aromatic nitrogens is 1. The molecule has 1 heterocycles. The average Bonchev–Trinajstić information content (AvgIpc) is 2.28. The van der Waals surface area contributed by atoms with Gasteiger partial charge in [-0.25, -0.2) is 4.98 Å². The highest BCUT2D eigenvalue weighted by molar-refractivity contribution is 5.93. The van der Waals surface area contributed by atoms with Crippen molar-refractivity contribution in [2.24, 2.45) is 0 Å². The van der Waals surface area contributed by atoms with Gasteiger partial charge in [0.2, 0.25) is 5.91 Å². The highest BCUT2D eigenvalue weighted by Crippen LogP contribution is 2.20. The van der Waals surface area contributed by atoms with E-state index in [0.29, 0.717) is 17.9 Å². The number of carboxylic acid groups (broad SMARTS) is 1. The maximum Gasteiger partial charge on any atom is 0.303 e. The van der Waals surface area contributed by atoms with E-state index in [2.05, 4.69) is 10.3 Å². The Hall–Kier alpha value is -2.11. The van der Waals surface area contributed by atoms with Crippen molar-refractivity contribution in [1.29, 1.82) is 0 Å². The second-order valence-electron chi connectivity index (χ2n) is 4.06. The fourth-order valence-electron chi connectivity index (χ4n) is 1.46. The minimum atomic E-state index is -0.891. The first kappa shape index (κ1) is 14.0. The largest absolute Gasteiger partial charge is 0.481 e. The normalized spacial score (nSPS) is 9.89. The number of carboxylic acids is 1. The van der Waals surface area contributed by atoms with Crippen LogP contribution < -0.4 is 10.2 Å². The quantitative estimate of drug-likeness (QED) is 0.797. The van der Waals surface area contributed by atoms with E-state index in [0.717, 1.165) is 0 Å². The van der Waals surface area contributed by atoms with Gasteiger partial charge in [0.1, 0.15) is 0 Å². The first-order valence-electron chi connectivity index (χ1n) is 5.64. The van der Waals surface area contributed by atoms with Gasteiger partial charge in [-0.2, -0.15) is 0 Å². The van der Waals surface area contributed by atoms with E-state index in [4.69, 9.17) is 5.11 Å². The lowest BCUT2D eigenvalue weighted by molar-refractivity contribution is -0.137. The summed E-state index contributed by atoms with van der Waals surface area (Å²) in [4.78, 5) is 27.9. The number of anilines is 2. The summed E-state index contributed by atoms with van der Waals surface area (Å²) in [5, 5.41) is 11.2. The van der Waals surface area contributed by atoms with Gasteiger partial charge >= 0.3 is 5.97 Å². The topological polar surface area (TPSA) is 82.5 Å². The number of aliphatic carboxylic acids is 1. The van der Waals surface area contributed by atoms with Crippen molar-refractivity contribution in [3.8, 4) is 0 Å². The summed E-state index contributed by atoms with van der Waals surface area (Å²) in [6.45, 7) is 0. The van der Waals surface area contributed by atoms with E-state index >= 15 is 0 Å². The Morgan fingerprint density at radius 1 is 1.39 bits per heavy atom. The number of nitrogens with zero attached hydrogens (tertiary/aromatic N) is 2. The zero-order chi connectivity index (χ0) is 13.5. The molecule has 0 aromatic carbocycles. The number of carbonyl (C=O) groups excluding carboxylic acids is 1. The molecule has 0 saturated carbocycles. The van der Waals surface area contributed by atoms with Gasteiger partial charge in [0.05, 0.1) is 5.69 Å². The molecule has 0 fully saturated rings. The van der Waals surface area contributed by atoms with Gasteiger partial charge < -0.3 is 15.3 Å². The molecule has 98 valence electrons. The molecule has 0 aliphatic carbocycles. The number of pyridine rings is 1. The lowest BCUT2D eigenvalue weighted by Crippen LogP contribution is -2.17. The van der Waals surface area contributed by atoms with Crippen molar-refractivity contribution in [2.75, 3.05) is 24.3 Å². The molecular formula is C12H17N3O3. The Morgan fingerprint density at radius 3 is 2.72 bits per heavy atom. The minimum Gasteiger partial charge on any atom is -0.481 e. The van der Waals surface area contributed by atoms with Crippen LogP contribution in [0.25, 0.3) is 0 Å². The van der Waals surface area contributed by atoms with Crippen molar-refractivity contribution < 1.29 is 14.7 Å². The van der Waals surface area contributed by atoms with Crippen molar-refractivity contribution >= 4 is 23.4 Å². The third-order valence-electron chi connectivity index (χ3n) is 2.28. The molecule has 1 aromatic heterocycles. The predicted molar refractivity (Wildman–Crippen MR) is 68.7 cm³/mol. The third kappa shape index (κ3) is 4.40. The van der Waals surface area contributed by atoms with Crippen LogP contribution in [0, 0.1) is 0 Å². The number of rotatable bonds is 6. The molecule has 0 radical (unpaired) electrons. The van der Waals surface area contributed by atoms with Gasteiger partial charge in [-0.3, -0.25) is 9.59 Å². The second kappa shape index (κ2) is 6.58. The van der Waals surface area contributed by atoms with Crippen molar-refractivity contribution in [1.82, 2.24) is 4.98 Å². The van der Waals surface area contributed by atoms with Crippen LogP contribution in [0.5, 0.6) is 0 Å². The molecule has 2 N–H and O–H groups in total. The van der Waals surface area contributed by atoms with Gasteiger partial charge in [0.15, 0.2) is 5.82 Å². The molecule has 6 nitrogen and oxygen atoms in total. The summed E-state index contributed by atoms with van der Waals surface area (Å²) in [6.07, 6.45) is 2.17. The molecule has 0 saturated heterocycles. The van der Waals surface area contributed by atoms with Crippen molar-refractivity contribution in [2.45, 2.75) is 19.3 Å².